The van der Waals surface area contributed by atoms with Crippen molar-refractivity contribution in [1.82, 2.24) is 4.72 Å². The van der Waals surface area contributed by atoms with Crippen molar-refractivity contribution < 1.29 is 13.2 Å². The number of halogens is 2. The number of nitrogens with one attached hydrogen (secondary N) is 1. The zero-order chi connectivity index (χ0) is 14.6. The Balaban J connectivity index is 3.10. The summed E-state index contributed by atoms with van der Waals surface area (Å²) in [4.78, 5) is -0.0920. The van der Waals surface area contributed by atoms with E-state index in [1.807, 2.05) is 6.92 Å². The summed E-state index contributed by atoms with van der Waals surface area (Å²) in [5.41, 5.74) is 5.67. The molecular weight excluding hydrogens is 311 g/mol. The predicted octanol–water partition coefficient (Wildman–Crippen LogP) is 2.28. The topological polar surface area (TPSA) is 81.4 Å². The number of rotatable bonds is 6. The van der Waals surface area contributed by atoms with Gasteiger partial charge in [0.15, 0.2) is 0 Å². The normalized spacial score (nSPS) is 13.5. The first-order valence-electron chi connectivity index (χ1n) is 5.58. The van der Waals surface area contributed by atoms with Gasteiger partial charge in [-0.25, -0.2) is 13.1 Å². The lowest BCUT2D eigenvalue weighted by molar-refractivity contribution is 0.173. The Labute approximate surface area is 123 Å². The standard InChI is InChI=1S/C11H16Cl2N2O3S/c1-3-7(6-18-2)15-19(16,17)9-5-4-8(12)11(14)10(9)13/h4-5,7,15H,3,6,14H2,1-2H3. The highest BCUT2D eigenvalue weighted by atomic mass is 35.5. The minimum Gasteiger partial charge on any atom is -0.396 e. The zero-order valence-electron chi connectivity index (χ0n) is 10.6. The summed E-state index contributed by atoms with van der Waals surface area (Å²) in [5, 5.41) is 0.139. The molecule has 1 unspecified atom stereocenters. The summed E-state index contributed by atoms with van der Waals surface area (Å²) in [6.07, 6.45) is 0.591. The number of hydrogen-bond acceptors (Lipinski definition) is 4. The third kappa shape index (κ3) is 3.97. The maximum absolute atomic E-state index is 12.2. The third-order valence-electron chi connectivity index (χ3n) is 2.56. The number of hydrogen-bond donors (Lipinski definition) is 2. The molecule has 1 aromatic rings. The third-order valence-corrected chi connectivity index (χ3v) is 4.97. The highest BCUT2D eigenvalue weighted by Crippen LogP contribution is 2.33. The summed E-state index contributed by atoms with van der Waals surface area (Å²) in [6.45, 7) is 2.13. The van der Waals surface area contributed by atoms with Crippen LogP contribution in [-0.2, 0) is 14.8 Å². The molecule has 0 radical (unpaired) electrons. The summed E-state index contributed by atoms with van der Waals surface area (Å²) < 4.78 is 31.9. The monoisotopic (exact) mass is 326 g/mol. The van der Waals surface area contributed by atoms with E-state index in [0.717, 1.165) is 0 Å². The van der Waals surface area contributed by atoms with Gasteiger partial charge in [-0.2, -0.15) is 0 Å². The summed E-state index contributed by atoms with van der Waals surface area (Å²) in [5.74, 6) is 0. The molecule has 19 heavy (non-hydrogen) atoms. The van der Waals surface area contributed by atoms with Gasteiger partial charge in [0.05, 0.1) is 22.3 Å². The molecule has 0 aromatic heterocycles. The van der Waals surface area contributed by atoms with Gasteiger partial charge in [-0.1, -0.05) is 30.1 Å². The Morgan fingerprint density at radius 2 is 2.05 bits per heavy atom. The highest BCUT2D eigenvalue weighted by molar-refractivity contribution is 7.89. The smallest absolute Gasteiger partial charge is 0.242 e. The first-order valence-corrected chi connectivity index (χ1v) is 7.82. The molecule has 5 nitrogen and oxygen atoms in total. The van der Waals surface area contributed by atoms with Crippen molar-refractivity contribution in [3.8, 4) is 0 Å². The van der Waals surface area contributed by atoms with E-state index < -0.39 is 10.0 Å². The Kier molecular flexibility index (Phi) is 5.88. The molecule has 0 aliphatic carbocycles. The van der Waals surface area contributed by atoms with E-state index in [2.05, 4.69) is 4.72 Å². The van der Waals surface area contributed by atoms with Crippen LogP contribution < -0.4 is 10.5 Å². The van der Waals surface area contributed by atoms with E-state index in [9.17, 15) is 8.42 Å². The molecule has 0 bridgehead atoms. The highest BCUT2D eigenvalue weighted by Gasteiger charge is 2.23. The maximum Gasteiger partial charge on any atom is 0.242 e. The maximum atomic E-state index is 12.2. The molecule has 1 rings (SSSR count). The summed E-state index contributed by atoms with van der Waals surface area (Å²) in [6, 6.07) is 2.39. The molecule has 0 fully saturated rings. The van der Waals surface area contributed by atoms with Crippen LogP contribution in [0.5, 0.6) is 0 Å². The number of nitrogen functional groups attached to an aromatic ring is 1. The number of anilines is 1. The zero-order valence-corrected chi connectivity index (χ0v) is 12.9. The van der Waals surface area contributed by atoms with Crippen molar-refractivity contribution in [3.05, 3.63) is 22.2 Å². The second kappa shape index (κ2) is 6.76. The molecule has 0 heterocycles. The molecule has 0 aliphatic rings. The van der Waals surface area contributed by atoms with E-state index in [4.69, 9.17) is 33.7 Å². The molecule has 0 spiro atoms. The fraction of sp³-hybridized carbons (Fsp3) is 0.455. The Bertz CT molecular complexity index is 549. The van der Waals surface area contributed by atoms with Crippen LogP contribution in [0.1, 0.15) is 13.3 Å². The fourth-order valence-corrected chi connectivity index (χ4v) is 3.55. The number of ether oxygens (including phenoxy) is 1. The van der Waals surface area contributed by atoms with Crippen molar-refractivity contribution in [3.63, 3.8) is 0 Å². The molecule has 108 valence electrons. The van der Waals surface area contributed by atoms with Crippen LogP contribution in [0.2, 0.25) is 10.0 Å². The van der Waals surface area contributed by atoms with E-state index in [1.54, 1.807) is 0 Å². The largest absolute Gasteiger partial charge is 0.396 e. The van der Waals surface area contributed by atoms with Crippen LogP contribution >= 0.6 is 23.2 Å². The van der Waals surface area contributed by atoms with Gasteiger partial charge >= 0.3 is 0 Å². The van der Waals surface area contributed by atoms with Crippen LogP contribution in [0, 0.1) is 0 Å². The molecule has 0 aliphatic heterocycles. The van der Waals surface area contributed by atoms with Crippen molar-refractivity contribution in [2.24, 2.45) is 0 Å². The SMILES string of the molecule is CCC(COC)NS(=O)(=O)c1ccc(Cl)c(N)c1Cl. The molecule has 0 saturated heterocycles. The van der Waals surface area contributed by atoms with Crippen LogP contribution in [0.3, 0.4) is 0 Å². The fourth-order valence-electron chi connectivity index (χ4n) is 1.48. The van der Waals surface area contributed by atoms with Gasteiger partial charge in [0.25, 0.3) is 0 Å². The van der Waals surface area contributed by atoms with Crippen LogP contribution in [0.15, 0.2) is 17.0 Å². The van der Waals surface area contributed by atoms with E-state index >= 15 is 0 Å². The summed E-state index contributed by atoms with van der Waals surface area (Å²) >= 11 is 11.7. The molecule has 1 atom stereocenters. The Morgan fingerprint density at radius 1 is 1.42 bits per heavy atom. The van der Waals surface area contributed by atoms with Gasteiger partial charge in [0, 0.05) is 13.2 Å². The Morgan fingerprint density at radius 3 is 2.58 bits per heavy atom. The van der Waals surface area contributed by atoms with E-state index in [1.165, 1.54) is 19.2 Å². The molecular formula is C11H16Cl2N2O3S. The van der Waals surface area contributed by atoms with Crippen molar-refractivity contribution >= 4 is 38.9 Å². The lowest BCUT2D eigenvalue weighted by Gasteiger charge is -2.17. The number of nitrogens with two attached hydrogens (primary N) is 1. The minimum atomic E-state index is -3.76. The van der Waals surface area contributed by atoms with Gasteiger partial charge in [0.2, 0.25) is 10.0 Å². The number of benzene rings is 1. The van der Waals surface area contributed by atoms with Gasteiger partial charge in [-0.05, 0) is 18.6 Å². The summed E-state index contributed by atoms with van der Waals surface area (Å²) in [7, 11) is -2.26. The average Bonchev–Trinajstić information content (AvgIpc) is 2.34. The quantitative estimate of drug-likeness (QED) is 0.786. The molecule has 8 heteroatoms. The molecule has 0 saturated carbocycles. The van der Waals surface area contributed by atoms with Crippen molar-refractivity contribution in [2.75, 3.05) is 19.5 Å². The van der Waals surface area contributed by atoms with Crippen molar-refractivity contribution in [1.29, 1.82) is 0 Å². The Hall–Kier alpha value is -0.530. The minimum absolute atomic E-state index is 0.0472. The van der Waals surface area contributed by atoms with Crippen molar-refractivity contribution in [2.45, 2.75) is 24.3 Å². The predicted molar refractivity (Wildman–Crippen MR) is 77.2 cm³/mol. The first-order chi connectivity index (χ1) is 8.83. The van der Waals surface area contributed by atoms with Gasteiger partial charge < -0.3 is 10.5 Å². The van der Waals surface area contributed by atoms with E-state index in [0.29, 0.717) is 6.42 Å². The second-order valence-electron chi connectivity index (χ2n) is 3.95. The van der Waals surface area contributed by atoms with Gasteiger partial charge in [-0.3, -0.25) is 0 Å². The van der Waals surface area contributed by atoms with Gasteiger partial charge in [0.1, 0.15) is 4.90 Å². The number of sulfonamides is 1. The number of methoxy groups -OCH3 is 1. The molecule has 1 aromatic carbocycles. The molecule has 3 N–H and O–H groups in total. The van der Waals surface area contributed by atoms with E-state index in [-0.39, 0.29) is 33.3 Å². The average molecular weight is 327 g/mol. The van der Waals surface area contributed by atoms with Gasteiger partial charge in [-0.15, -0.1) is 0 Å². The van der Waals surface area contributed by atoms with Crippen LogP contribution in [0.4, 0.5) is 5.69 Å². The lowest BCUT2D eigenvalue weighted by Crippen LogP contribution is -2.37. The van der Waals surface area contributed by atoms with Crippen LogP contribution in [-0.4, -0.2) is 28.2 Å². The molecule has 0 amide bonds. The van der Waals surface area contributed by atoms with Crippen LogP contribution in [0.25, 0.3) is 0 Å². The first kappa shape index (κ1) is 16.5. The lowest BCUT2D eigenvalue weighted by atomic mass is 10.3. The second-order valence-corrected chi connectivity index (χ2v) is 6.42.